The average molecular weight is 581 g/mol. The molecule has 2 bridgehead atoms. The maximum absolute atomic E-state index is 13.2. The van der Waals surface area contributed by atoms with Gasteiger partial charge < -0.3 is 15.7 Å². The molecule has 1 aliphatic carbocycles. The van der Waals surface area contributed by atoms with Gasteiger partial charge in [-0.1, -0.05) is 6.92 Å². The number of rotatable bonds is 4. The minimum absolute atomic E-state index is 0.0686. The maximum atomic E-state index is 13.2. The molecular formula is C28H26F6N4OS. The van der Waals surface area contributed by atoms with Crippen LogP contribution in [0.2, 0.25) is 0 Å². The number of anilines is 2. The molecule has 3 aliphatic heterocycles. The van der Waals surface area contributed by atoms with E-state index in [2.05, 4.69) is 20.5 Å². The minimum atomic E-state index is -4.96. The second-order valence-corrected chi connectivity index (χ2v) is 11.3. The number of fused-ring (bicyclic) bond motifs is 3. The number of aromatic nitrogens is 1. The molecule has 12 heteroatoms. The fourth-order valence-electron chi connectivity index (χ4n) is 6.82. The molecule has 0 radical (unpaired) electrons. The van der Waals surface area contributed by atoms with E-state index in [4.69, 9.17) is 12.2 Å². The number of halogens is 6. The third kappa shape index (κ3) is 4.69. The predicted molar refractivity (Wildman–Crippen MR) is 143 cm³/mol. The van der Waals surface area contributed by atoms with Gasteiger partial charge in [-0.3, -0.25) is 9.88 Å². The fourth-order valence-corrected chi connectivity index (χ4v) is 7.06. The number of thiocarbonyl (C=S) groups is 1. The number of nitrogens with one attached hydrogen (secondary N) is 2. The zero-order valence-electron chi connectivity index (χ0n) is 21.3. The van der Waals surface area contributed by atoms with E-state index in [1.54, 1.807) is 18.3 Å². The summed E-state index contributed by atoms with van der Waals surface area (Å²) in [5, 5.41) is 17.3. The lowest BCUT2D eigenvalue weighted by molar-refractivity contribution is -0.143. The Morgan fingerprint density at radius 2 is 1.70 bits per heavy atom. The van der Waals surface area contributed by atoms with Crippen LogP contribution in [-0.4, -0.2) is 44.8 Å². The lowest BCUT2D eigenvalue weighted by Gasteiger charge is -2.49. The van der Waals surface area contributed by atoms with E-state index in [-0.39, 0.29) is 23.0 Å². The van der Waals surface area contributed by atoms with Crippen LogP contribution >= 0.6 is 12.2 Å². The summed E-state index contributed by atoms with van der Waals surface area (Å²) in [4.78, 5) is 6.85. The third-order valence-electron chi connectivity index (χ3n) is 8.67. The van der Waals surface area contributed by atoms with Crippen molar-refractivity contribution in [2.45, 2.75) is 49.7 Å². The Hall–Kier alpha value is -2.96. The highest BCUT2D eigenvalue weighted by atomic mass is 32.1. The summed E-state index contributed by atoms with van der Waals surface area (Å²) in [6.45, 7) is 3.66. The van der Waals surface area contributed by atoms with E-state index in [0.29, 0.717) is 42.7 Å². The Morgan fingerprint density at radius 3 is 2.35 bits per heavy atom. The summed E-state index contributed by atoms with van der Waals surface area (Å²) in [5.41, 5.74) is -1.60. The number of hydrogen-bond donors (Lipinski definition) is 3. The number of hydrogen-bond acceptors (Lipinski definition) is 4. The Bertz CT molecular complexity index is 1460. The van der Waals surface area contributed by atoms with Gasteiger partial charge in [-0.25, -0.2) is 0 Å². The molecule has 3 saturated heterocycles. The van der Waals surface area contributed by atoms with Crippen LogP contribution in [0.25, 0.3) is 10.9 Å². The molecule has 212 valence electrons. The number of pyridine rings is 1. The predicted octanol–water partition coefficient (Wildman–Crippen LogP) is 6.64. The molecule has 0 spiro atoms. The third-order valence-corrected chi connectivity index (χ3v) is 8.87. The fraction of sp³-hybridized carbons (Fsp3) is 0.429. The van der Waals surface area contributed by atoms with E-state index in [1.165, 1.54) is 0 Å². The van der Waals surface area contributed by atoms with Crippen LogP contribution in [0.4, 0.5) is 37.7 Å². The molecule has 3 aromatic rings. The topological polar surface area (TPSA) is 60.4 Å². The van der Waals surface area contributed by atoms with Gasteiger partial charge in [0.1, 0.15) is 0 Å². The largest absolute Gasteiger partial charge is 0.416 e. The van der Waals surface area contributed by atoms with Crippen molar-refractivity contribution in [2.75, 3.05) is 23.7 Å². The van der Waals surface area contributed by atoms with Gasteiger partial charge in [0.15, 0.2) is 5.11 Å². The molecule has 1 aromatic heterocycles. The summed E-state index contributed by atoms with van der Waals surface area (Å²) < 4.78 is 79.4. The summed E-state index contributed by atoms with van der Waals surface area (Å²) in [7, 11) is 0. The van der Waals surface area contributed by atoms with Crippen molar-refractivity contribution < 1.29 is 31.4 Å². The normalized spacial score (nSPS) is 29.2. The Morgan fingerprint density at radius 1 is 1.02 bits per heavy atom. The van der Waals surface area contributed by atoms with Crippen molar-refractivity contribution in [3.8, 4) is 0 Å². The zero-order chi connectivity index (χ0) is 28.6. The highest BCUT2D eigenvalue weighted by molar-refractivity contribution is 7.80. The van der Waals surface area contributed by atoms with E-state index in [9.17, 15) is 31.4 Å². The lowest BCUT2D eigenvalue weighted by atomic mass is 9.73. The van der Waals surface area contributed by atoms with Crippen LogP contribution in [0.5, 0.6) is 0 Å². The van der Waals surface area contributed by atoms with Crippen molar-refractivity contribution in [3.05, 3.63) is 65.4 Å². The first-order chi connectivity index (χ1) is 18.8. The maximum Gasteiger partial charge on any atom is 0.416 e. The van der Waals surface area contributed by atoms with Crippen LogP contribution < -0.4 is 10.6 Å². The molecule has 1 saturated carbocycles. The molecule has 40 heavy (non-hydrogen) atoms. The molecule has 4 fully saturated rings. The average Bonchev–Trinajstić information content (AvgIpc) is 3.64. The monoisotopic (exact) mass is 580 g/mol. The Kier molecular flexibility index (Phi) is 6.32. The molecule has 0 amide bonds. The number of aliphatic hydroxyl groups is 1. The highest BCUT2D eigenvalue weighted by Crippen LogP contribution is 2.64. The molecular weight excluding hydrogens is 554 g/mol. The van der Waals surface area contributed by atoms with Gasteiger partial charge in [0, 0.05) is 41.5 Å². The second-order valence-electron chi connectivity index (χ2n) is 10.9. The first-order valence-corrected chi connectivity index (χ1v) is 13.4. The minimum Gasteiger partial charge on any atom is -0.388 e. The lowest BCUT2D eigenvalue weighted by Crippen LogP contribution is -2.59. The van der Waals surface area contributed by atoms with Crippen molar-refractivity contribution in [3.63, 3.8) is 0 Å². The smallest absolute Gasteiger partial charge is 0.388 e. The Labute approximate surface area is 231 Å². The van der Waals surface area contributed by atoms with E-state index in [0.717, 1.165) is 29.4 Å². The quantitative estimate of drug-likeness (QED) is 0.238. The molecule has 5 unspecified atom stereocenters. The van der Waals surface area contributed by atoms with Gasteiger partial charge in [0.2, 0.25) is 0 Å². The zero-order valence-corrected chi connectivity index (χ0v) is 22.1. The molecule has 3 N–H and O–H groups in total. The first-order valence-electron chi connectivity index (χ1n) is 13.0. The van der Waals surface area contributed by atoms with E-state index < -0.39 is 34.8 Å². The van der Waals surface area contributed by atoms with Gasteiger partial charge in [0.05, 0.1) is 22.2 Å². The van der Waals surface area contributed by atoms with Crippen molar-refractivity contribution in [2.24, 2.45) is 11.8 Å². The van der Waals surface area contributed by atoms with Gasteiger partial charge in [-0.05, 0) is 91.5 Å². The van der Waals surface area contributed by atoms with Crippen LogP contribution in [0.15, 0.2) is 48.7 Å². The van der Waals surface area contributed by atoms with Gasteiger partial charge in [-0.15, -0.1) is 0 Å². The van der Waals surface area contributed by atoms with E-state index >= 15 is 0 Å². The standard InChI is InChI=1S/C28H26F6N4OS/c1-2-26(39)13-38-8-6-20(26)23-22(24(23)38)18-5-7-35-21-4-3-16(12-19(18)21)36-25(40)37-17-10-14(27(29,30)31)9-15(11-17)28(32,33)34/h3-5,7,9-12,20,22-24,39H,2,6,8,13H2,1H3,(H2,36,37,40)/t20?,22-,23?,24?,26?/m1/s1. The number of piperidine rings is 3. The first kappa shape index (κ1) is 27.2. The molecule has 5 nitrogen and oxygen atoms in total. The van der Waals surface area contributed by atoms with Crippen LogP contribution in [0, 0.1) is 11.8 Å². The van der Waals surface area contributed by atoms with Crippen LogP contribution in [0.1, 0.15) is 42.4 Å². The molecule has 2 aromatic carbocycles. The van der Waals surface area contributed by atoms with Crippen molar-refractivity contribution in [1.82, 2.24) is 9.88 Å². The van der Waals surface area contributed by atoms with Gasteiger partial charge in [0.25, 0.3) is 0 Å². The van der Waals surface area contributed by atoms with Crippen molar-refractivity contribution in [1.29, 1.82) is 0 Å². The molecule has 7 rings (SSSR count). The highest BCUT2D eigenvalue weighted by Gasteiger charge is 2.67. The summed E-state index contributed by atoms with van der Waals surface area (Å²) in [6.07, 6.45) is -6.50. The summed E-state index contributed by atoms with van der Waals surface area (Å²) in [6, 6.07) is 8.91. The number of nitrogens with zero attached hydrogens (tertiary/aromatic N) is 2. The number of alkyl halides is 6. The van der Waals surface area contributed by atoms with Gasteiger partial charge >= 0.3 is 12.4 Å². The summed E-state index contributed by atoms with van der Waals surface area (Å²) in [5.74, 6) is 0.818. The molecule has 4 heterocycles. The summed E-state index contributed by atoms with van der Waals surface area (Å²) >= 11 is 5.24. The van der Waals surface area contributed by atoms with Gasteiger partial charge in [-0.2, -0.15) is 26.3 Å². The Balaban J connectivity index is 1.25. The SMILES string of the molecule is CCC1(O)CN2CCC1C1C2[C@@H]1c1ccnc2ccc(NC(=S)Nc3cc(C(F)(F)F)cc(C(F)(F)F)c3)cc12. The number of benzene rings is 2. The van der Waals surface area contributed by atoms with Crippen LogP contribution in [-0.2, 0) is 12.4 Å². The molecule has 4 aliphatic rings. The molecule has 6 atom stereocenters. The second kappa shape index (κ2) is 9.28. The van der Waals surface area contributed by atoms with Crippen LogP contribution in [0.3, 0.4) is 0 Å². The van der Waals surface area contributed by atoms with Crippen molar-refractivity contribution >= 4 is 39.6 Å². The van der Waals surface area contributed by atoms with E-state index in [1.807, 2.05) is 19.1 Å².